The van der Waals surface area contributed by atoms with Crippen molar-refractivity contribution in [3.8, 4) is 5.95 Å². The number of aromatic nitrogens is 4. The number of fused-ring (bicyclic) bond motifs is 1. The molecule has 0 amide bonds. The number of benzene rings is 2. The van der Waals surface area contributed by atoms with Crippen LogP contribution in [-0.4, -0.2) is 26.9 Å². The number of methoxy groups -OCH3 is 1. The van der Waals surface area contributed by atoms with Gasteiger partial charge in [-0.05, 0) is 49.2 Å². The third kappa shape index (κ3) is 3.82. The molecule has 0 aliphatic heterocycles. The van der Waals surface area contributed by atoms with Crippen LogP contribution in [-0.2, 0) is 17.9 Å². The summed E-state index contributed by atoms with van der Waals surface area (Å²) in [5.41, 5.74) is 4.62. The van der Waals surface area contributed by atoms with E-state index < -0.39 is 0 Å². The first-order valence-corrected chi connectivity index (χ1v) is 9.35. The van der Waals surface area contributed by atoms with Gasteiger partial charge in [-0.3, -0.25) is 4.57 Å². The molecule has 1 N–H and O–H groups in total. The molecule has 29 heavy (non-hydrogen) atoms. The minimum absolute atomic E-state index is 0.260. The fraction of sp³-hybridized carbons (Fsp3) is 0.227. The lowest BCUT2D eigenvalue weighted by Crippen LogP contribution is -2.11. The monoisotopic (exact) mass is 391 g/mol. The van der Waals surface area contributed by atoms with Gasteiger partial charge in [-0.1, -0.05) is 24.3 Å². The first kappa shape index (κ1) is 19.0. The SMILES string of the molecule is COCc1cccc2c1cc(C)n2-c1nnc(C)c(NCc2cccc(F)c2)n1. The molecule has 0 aliphatic carbocycles. The van der Waals surface area contributed by atoms with Crippen LogP contribution in [0.2, 0.25) is 0 Å². The highest BCUT2D eigenvalue weighted by Crippen LogP contribution is 2.26. The summed E-state index contributed by atoms with van der Waals surface area (Å²) in [5.74, 6) is 0.844. The van der Waals surface area contributed by atoms with Gasteiger partial charge < -0.3 is 10.1 Å². The molecular formula is C22H22FN5O. The van der Waals surface area contributed by atoms with Crippen LogP contribution < -0.4 is 5.32 Å². The van der Waals surface area contributed by atoms with Crippen molar-refractivity contribution in [3.05, 3.63) is 76.9 Å². The molecule has 6 nitrogen and oxygen atoms in total. The molecule has 4 rings (SSSR count). The molecule has 0 unspecified atom stereocenters. The van der Waals surface area contributed by atoms with Gasteiger partial charge in [0.1, 0.15) is 11.5 Å². The van der Waals surface area contributed by atoms with Crippen molar-refractivity contribution in [1.29, 1.82) is 0 Å². The number of anilines is 1. The second-order valence-corrected chi connectivity index (χ2v) is 6.93. The number of halogens is 1. The zero-order chi connectivity index (χ0) is 20.4. The maximum Gasteiger partial charge on any atom is 0.256 e. The summed E-state index contributed by atoms with van der Waals surface area (Å²) in [6.45, 7) is 4.84. The fourth-order valence-corrected chi connectivity index (χ4v) is 3.44. The van der Waals surface area contributed by atoms with Gasteiger partial charge in [-0.15, -0.1) is 10.2 Å². The first-order valence-electron chi connectivity index (χ1n) is 9.35. The van der Waals surface area contributed by atoms with E-state index in [2.05, 4.69) is 27.6 Å². The van der Waals surface area contributed by atoms with E-state index >= 15 is 0 Å². The number of rotatable bonds is 6. The summed E-state index contributed by atoms with van der Waals surface area (Å²) in [6.07, 6.45) is 0. The van der Waals surface area contributed by atoms with Gasteiger partial charge in [0.2, 0.25) is 0 Å². The predicted octanol–water partition coefficient (Wildman–Crippen LogP) is 4.33. The van der Waals surface area contributed by atoms with E-state index in [4.69, 9.17) is 9.72 Å². The largest absolute Gasteiger partial charge is 0.380 e. The molecule has 7 heteroatoms. The molecule has 0 radical (unpaired) electrons. The molecule has 0 spiro atoms. The van der Waals surface area contributed by atoms with Crippen LogP contribution in [0.15, 0.2) is 48.5 Å². The van der Waals surface area contributed by atoms with Crippen LogP contribution in [0.1, 0.15) is 22.5 Å². The smallest absolute Gasteiger partial charge is 0.256 e. The average molecular weight is 391 g/mol. The fourth-order valence-electron chi connectivity index (χ4n) is 3.44. The molecule has 4 aromatic rings. The van der Waals surface area contributed by atoms with Gasteiger partial charge in [0.25, 0.3) is 5.95 Å². The van der Waals surface area contributed by atoms with Crippen LogP contribution >= 0.6 is 0 Å². The van der Waals surface area contributed by atoms with E-state index in [9.17, 15) is 4.39 Å². The second-order valence-electron chi connectivity index (χ2n) is 6.93. The molecule has 0 bridgehead atoms. The highest BCUT2D eigenvalue weighted by molar-refractivity contribution is 5.86. The Morgan fingerprint density at radius 3 is 2.69 bits per heavy atom. The normalized spacial score (nSPS) is 11.2. The van der Waals surface area contributed by atoms with Crippen molar-refractivity contribution < 1.29 is 9.13 Å². The van der Waals surface area contributed by atoms with E-state index in [0.717, 1.165) is 27.7 Å². The summed E-state index contributed by atoms with van der Waals surface area (Å²) < 4.78 is 20.7. The van der Waals surface area contributed by atoms with Crippen LogP contribution in [0.4, 0.5) is 10.2 Å². The molecule has 2 aromatic heterocycles. The van der Waals surface area contributed by atoms with Crippen molar-refractivity contribution in [2.75, 3.05) is 12.4 Å². The Hall–Kier alpha value is -3.32. The molecule has 0 saturated carbocycles. The Morgan fingerprint density at radius 2 is 1.90 bits per heavy atom. The molecular weight excluding hydrogens is 369 g/mol. The van der Waals surface area contributed by atoms with Gasteiger partial charge in [0.15, 0.2) is 5.82 Å². The Labute approximate surface area is 168 Å². The number of ether oxygens (including phenoxy) is 1. The van der Waals surface area contributed by atoms with Crippen molar-refractivity contribution in [2.45, 2.75) is 27.0 Å². The summed E-state index contributed by atoms with van der Waals surface area (Å²) in [6, 6.07) is 14.7. The topological polar surface area (TPSA) is 64.9 Å². The van der Waals surface area contributed by atoms with Crippen molar-refractivity contribution >= 4 is 16.7 Å². The Kier molecular flexibility index (Phi) is 5.22. The van der Waals surface area contributed by atoms with E-state index in [1.54, 1.807) is 13.2 Å². The number of hydrogen-bond acceptors (Lipinski definition) is 5. The summed E-state index contributed by atoms with van der Waals surface area (Å²) in [5, 5.41) is 12.9. The third-order valence-electron chi connectivity index (χ3n) is 4.81. The standard InChI is InChI=1S/C22H22FN5O/c1-14-10-19-17(13-29-3)7-5-9-20(19)28(14)22-25-21(15(2)26-27-22)24-12-16-6-4-8-18(23)11-16/h4-11H,12-13H2,1-3H3,(H,24,25,27). The van der Waals surface area contributed by atoms with Gasteiger partial charge in [0, 0.05) is 24.7 Å². The van der Waals surface area contributed by atoms with Crippen LogP contribution in [0.25, 0.3) is 16.9 Å². The molecule has 0 fully saturated rings. The zero-order valence-electron chi connectivity index (χ0n) is 16.6. The van der Waals surface area contributed by atoms with Crippen LogP contribution in [0.5, 0.6) is 0 Å². The van der Waals surface area contributed by atoms with E-state index in [1.165, 1.54) is 12.1 Å². The number of nitrogens with zero attached hydrogens (tertiary/aromatic N) is 4. The van der Waals surface area contributed by atoms with Crippen molar-refractivity contribution in [3.63, 3.8) is 0 Å². The Bertz CT molecular complexity index is 1170. The quantitative estimate of drug-likeness (QED) is 0.530. The molecule has 0 aliphatic rings. The summed E-state index contributed by atoms with van der Waals surface area (Å²) in [7, 11) is 1.69. The van der Waals surface area contributed by atoms with Crippen LogP contribution in [0, 0.1) is 19.7 Å². The van der Waals surface area contributed by atoms with E-state index in [0.29, 0.717) is 30.6 Å². The van der Waals surface area contributed by atoms with E-state index in [-0.39, 0.29) is 5.82 Å². The Balaban J connectivity index is 1.70. The summed E-state index contributed by atoms with van der Waals surface area (Å²) in [4.78, 5) is 4.69. The lowest BCUT2D eigenvalue weighted by atomic mass is 10.1. The maximum absolute atomic E-state index is 13.4. The zero-order valence-corrected chi connectivity index (χ0v) is 16.6. The highest BCUT2D eigenvalue weighted by atomic mass is 19.1. The summed E-state index contributed by atoms with van der Waals surface area (Å²) >= 11 is 0. The molecule has 2 aromatic carbocycles. The van der Waals surface area contributed by atoms with Gasteiger partial charge >= 0.3 is 0 Å². The lowest BCUT2D eigenvalue weighted by molar-refractivity contribution is 0.186. The minimum Gasteiger partial charge on any atom is -0.380 e. The molecule has 2 heterocycles. The minimum atomic E-state index is -0.260. The third-order valence-corrected chi connectivity index (χ3v) is 4.81. The van der Waals surface area contributed by atoms with Crippen molar-refractivity contribution in [2.24, 2.45) is 0 Å². The molecule has 148 valence electrons. The number of aryl methyl sites for hydroxylation is 2. The van der Waals surface area contributed by atoms with Gasteiger partial charge in [-0.25, -0.2) is 4.39 Å². The van der Waals surface area contributed by atoms with Crippen LogP contribution in [0.3, 0.4) is 0 Å². The number of nitrogens with one attached hydrogen (secondary N) is 1. The Morgan fingerprint density at radius 1 is 1.07 bits per heavy atom. The van der Waals surface area contributed by atoms with Crippen molar-refractivity contribution in [1.82, 2.24) is 19.7 Å². The van der Waals surface area contributed by atoms with Gasteiger partial charge in [-0.2, -0.15) is 4.98 Å². The van der Waals surface area contributed by atoms with E-state index in [1.807, 2.05) is 36.6 Å². The second kappa shape index (κ2) is 7.97. The van der Waals surface area contributed by atoms with Gasteiger partial charge in [0.05, 0.1) is 12.1 Å². The molecule has 0 saturated heterocycles. The lowest BCUT2D eigenvalue weighted by Gasteiger charge is -2.11. The first-order chi connectivity index (χ1) is 14.1. The average Bonchev–Trinajstić information content (AvgIpc) is 3.05. The predicted molar refractivity (Wildman–Crippen MR) is 111 cm³/mol. The molecule has 0 atom stereocenters. The highest BCUT2D eigenvalue weighted by Gasteiger charge is 2.14. The maximum atomic E-state index is 13.4. The number of hydrogen-bond donors (Lipinski definition) is 1.